The largest absolute Gasteiger partial charge is 0.392 e. The Morgan fingerprint density at radius 1 is 1.67 bits per heavy atom. The maximum Gasteiger partial charge on any atom is 0.241 e. The second-order valence-electron chi connectivity index (χ2n) is 3.35. The van der Waals surface area contributed by atoms with Crippen LogP contribution < -0.4 is 10.6 Å². The maximum atomic E-state index is 11.6. The van der Waals surface area contributed by atoms with E-state index in [9.17, 15) is 9.90 Å². The predicted octanol–water partition coefficient (Wildman–Crippen LogP) is 0.831. The fourth-order valence-corrected chi connectivity index (χ4v) is 2.07. The average molecular weight is 249 g/mol. The summed E-state index contributed by atoms with van der Waals surface area (Å²) in [4.78, 5) is 11.6. The minimum absolute atomic E-state index is 0. The lowest BCUT2D eigenvalue weighted by atomic mass is 10.2. The molecule has 4 nitrogen and oxygen atoms in total. The van der Waals surface area contributed by atoms with Gasteiger partial charge in [0.25, 0.3) is 0 Å². The highest BCUT2D eigenvalue weighted by Crippen LogP contribution is 2.14. The summed E-state index contributed by atoms with van der Waals surface area (Å²) in [5.74, 6) is -0.0695. The van der Waals surface area contributed by atoms with Gasteiger partial charge in [-0.15, -0.1) is 12.4 Å². The number of aliphatic hydroxyl groups is 1. The third-order valence-corrected chi connectivity index (χ3v) is 2.90. The van der Waals surface area contributed by atoms with Crippen LogP contribution in [0.4, 0.5) is 5.69 Å². The number of anilines is 1. The lowest BCUT2D eigenvalue weighted by Crippen LogP contribution is -2.35. The summed E-state index contributed by atoms with van der Waals surface area (Å²) in [5, 5.41) is 18.8. The number of halogens is 1. The first-order valence-electron chi connectivity index (χ1n) is 4.50. The van der Waals surface area contributed by atoms with E-state index >= 15 is 0 Å². The van der Waals surface area contributed by atoms with Gasteiger partial charge in [0.05, 0.1) is 17.8 Å². The summed E-state index contributed by atoms with van der Waals surface area (Å²) in [5.41, 5.74) is 0.822. The molecule has 15 heavy (non-hydrogen) atoms. The topological polar surface area (TPSA) is 61.4 Å². The van der Waals surface area contributed by atoms with Gasteiger partial charge in [-0.05, 0) is 17.9 Å². The number of carbonyl (C=O) groups excluding carboxylic acids is 1. The number of rotatable bonds is 2. The number of hydrogen-bond donors (Lipinski definition) is 3. The quantitative estimate of drug-likeness (QED) is 0.727. The number of aliphatic hydroxyl groups excluding tert-OH is 1. The van der Waals surface area contributed by atoms with Crippen LogP contribution in [0, 0.1) is 0 Å². The van der Waals surface area contributed by atoms with E-state index in [0.717, 1.165) is 5.69 Å². The van der Waals surface area contributed by atoms with Crippen LogP contribution in [0.25, 0.3) is 0 Å². The fourth-order valence-electron chi connectivity index (χ4n) is 1.48. The minimum Gasteiger partial charge on any atom is -0.392 e. The molecule has 6 heteroatoms. The third kappa shape index (κ3) is 3.17. The summed E-state index contributed by atoms with van der Waals surface area (Å²) in [6.45, 7) is 0.502. The van der Waals surface area contributed by atoms with Gasteiger partial charge in [-0.25, -0.2) is 0 Å². The molecule has 0 spiro atoms. The van der Waals surface area contributed by atoms with E-state index in [1.165, 1.54) is 0 Å². The Morgan fingerprint density at radius 2 is 2.47 bits per heavy atom. The van der Waals surface area contributed by atoms with Crippen molar-refractivity contribution in [2.24, 2.45) is 0 Å². The molecule has 1 aliphatic rings. The number of nitrogens with one attached hydrogen (secondary N) is 2. The zero-order valence-electron chi connectivity index (χ0n) is 7.97. The summed E-state index contributed by atoms with van der Waals surface area (Å²) >= 11 is 1.54. The molecule has 3 N–H and O–H groups in total. The molecule has 0 bridgehead atoms. The van der Waals surface area contributed by atoms with Gasteiger partial charge < -0.3 is 15.7 Å². The number of carbonyl (C=O) groups is 1. The smallest absolute Gasteiger partial charge is 0.241 e. The molecular weight excluding hydrogens is 236 g/mol. The molecule has 2 atom stereocenters. The second kappa shape index (κ2) is 5.46. The molecule has 84 valence electrons. The molecular formula is C9H13ClN2O2S. The SMILES string of the molecule is Cl.O=C(Nc1ccsc1)C1CC(O)CN1. The van der Waals surface area contributed by atoms with Gasteiger partial charge in [-0.3, -0.25) is 4.79 Å². The van der Waals surface area contributed by atoms with E-state index in [1.54, 1.807) is 11.3 Å². The van der Waals surface area contributed by atoms with Crippen molar-refractivity contribution in [3.63, 3.8) is 0 Å². The van der Waals surface area contributed by atoms with E-state index in [-0.39, 0.29) is 24.4 Å². The lowest BCUT2D eigenvalue weighted by Gasteiger charge is -2.09. The Morgan fingerprint density at radius 3 is 3.00 bits per heavy atom. The van der Waals surface area contributed by atoms with Crippen LogP contribution in [0.15, 0.2) is 16.8 Å². The van der Waals surface area contributed by atoms with Crippen molar-refractivity contribution >= 4 is 35.3 Å². The predicted molar refractivity (Wildman–Crippen MR) is 62.6 cm³/mol. The Hall–Kier alpha value is -0.620. The Balaban J connectivity index is 0.00000112. The molecule has 2 heterocycles. The normalized spacial score (nSPS) is 24.6. The first-order chi connectivity index (χ1) is 6.75. The zero-order valence-corrected chi connectivity index (χ0v) is 9.61. The van der Waals surface area contributed by atoms with Gasteiger partial charge in [0.15, 0.2) is 0 Å². The first-order valence-corrected chi connectivity index (χ1v) is 5.44. The van der Waals surface area contributed by atoms with Crippen LogP contribution in [0.5, 0.6) is 0 Å². The molecule has 1 saturated heterocycles. The van der Waals surface area contributed by atoms with Gasteiger partial charge in [0.2, 0.25) is 5.91 Å². The van der Waals surface area contributed by atoms with Gasteiger partial charge in [-0.1, -0.05) is 0 Å². The highest BCUT2D eigenvalue weighted by molar-refractivity contribution is 7.08. The van der Waals surface area contributed by atoms with Crippen molar-refractivity contribution in [2.75, 3.05) is 11.9 Å². The number of β-amino-alcohol motifs (C(OH)–C–C–N with tert-alkyl or cyclic N) is 1. The van der Waals surface area contributed by atoms with E-state index in [2.05, 4.69) is 10.6 Å². The summed E-state index contributed by atoms with van der Waals surface area (Å²) in [7, 11) is 0. The molecule has 2 unspecified atom stereocenters. The standard InChI is InChI=1S/C9H12N2O2S.ClH/c12-7-3-8(10-4-7)9(13)11-6-1-2-14-5-6;/h1-2,5,7-8,10,12H,3-4H2,(H,11,13);1H. The highest BCUT2D eigenvalue weighted by Gasteiger charge is 2.27. The Bertz CT molecular complexity index is 318. The third-order valence-electron chi connectivity index (χ3n) is 2.21. The lowest BCUT2D eigenvalue weighted by molar-refractivity contribution is -0.117. The van der Waals surface area contributed by atoms with Crippen molar-refractivity contribution < 1.29 is 9.90 Å². The van der Waals surface area contributed by atoms with Crippen LogP contribution in [-0.2, 0) is 4.79 Å². The molecule has 1 amide bonds. The molecule has 2 rings (SSSR count). The molecule has 1 aromatic rings. The molecule has 1 aliphatic heterocycles. The van der Waals surface area contributed by atoms with Gasteiger partial charge in [-0.2, -0.15) is 11.3 Å². The maximum absolute atomic E-state index is 11.6. The zero-order chi connectivity index (χ0) is 9.97. The first kappa shape index (κ1) is 12.4. The Kier molecular flexibility index (Phi) is 4.53. The van der Waals surface area contributed by atoms with Gasteiger partial charge in [0, 0.05) is 11.9 Å². The molecule has 1 aromatic heterocycles. The average Bonchev–Trinajstić information content (AvgIpc) is 2.75. The summed E-state index contributed by atoms with van der Waals surface area (Å²) in [6, 6.07) is 1.60. The number of amides is 1. The van der Waals surface area contributed by atoms with Crippen molar-refractivity contribution in [1.29, 1.82) is 0 Å². The molecule has 0 aromatic carbocycles. The van der Waals surface area contributed by atoms with E-state index < -0.39 is 6.10 Å². The molecule has 0 radical (unpaired) electrons. The van der Waals surface area contributed by atoms with Crippen molar-refractivity contribution in [3.05, 3.63) is 16.8 Å². The van der Waals surface area contributed by atoms with Crippen LogP contribution in [-0.4, -0.2) is 29.7 Å². The van der Waals surface area contributed by atoms with Crippen LogP contribution in [0.3, 0.4) is 0 Å². The minimum atomic E-state index is -0.395. The van der Waals surface area contributed by atoms with Crippen LogP contribution in [0.2, 0.25) is 0 Å². The molecule has 1 fully saturated rings. The van der Waals surface area contributed by atoms with E-state index in [0.29, 0.717) is 13.0 Å². The van der Waals surface area contributed by atoms with Crippen molar-refractivity contribution in [1.82, 2.24) is 5.32 Å². The monoisotopic (exact) mass is 248 g/mol. The Labute approximate surface area is 98.1 Å². The highest BCUT2D eigenvalue weighted by atomic mass is 35.5. The number of hydrogen-bond acceptors (Lipinski definition) is 4. The summed E-state index contributed by atoms with van der Waals surface area (Å²) in [6.07, 6.45) is 0.101. The van der Waals surface area contributed by atoms with Gasteiger partial charge >= 0.3 is 0 Å². The summed E-state index contributed by atoms with van der Waals surface area (Å²) < 4.78 is 0. The van der Waals surface area contributed by atoms with Crippen molar-refractivity contribution in [2.45, 2.75) is 18.6 Å². The molecule has 0 saturated carbocycles. The number of thiophene rings is 1. The molecule has 0 aliphatic carbocycles. The van der Waals surface area contributed by atoms with Gasteiger partial charge in [0.1, 0.15) is 0 Å². The van der Waals surface area contributed by atoms with E-state index in [1.807, 2.05) is 16.8 Å². The van der Waals surface area contributed by atoms with Crippen LogP contribution >= 0.6 is 23.7 Å². The van der Waals surface area contributed by atoms with Crippen LogP contribution in [0.1, 0.15) is 6.42 Å². The fraction of sp³-hybridized carbons (Fsp3) is 0.444. The second-order valence-corrected chi connectivity index (χ2v) is 4.13. The van der Waals surface area contributed by atoms with Crippen molar-refractivity contribution in [3.8, 4) is 0 Å². The van der Waals surface area contributed by atoms with E-state index in [4.69, 9.17) is 0 Å².